The van der Waals surface area contributed by atoms with Crippen LogP contribution in [0.2, 0.25) is 0 Å². The van der Waals surface area contributed by atoms with Crippen molar-refractivity contribution in [2.24, 2.45) is 0 Å². The quantitative estimate of drug-likeness (QED) is 0.673. The Hall–Kier alpha value is -3.41. The molecule has 1 aromatic heterocycles. The Balaban J connectivity index is 1.46. The second-order valence-corrected chi connectivity index (χ2v) is 7.42. The number of hydrogen-bond acceptors (Lipinski definition) is 5. The van der Waals surface area contributed by atoms with Gasteiger partial charge < -0.3 is 15.0 Å². The monoisotopic (exact) mass is 402 g/mol. The smallest absolute Gasteiger partial charge is 0.251 e. The average molecular weight is 402 g/mol. The summed E-state index contributed by atoms with van der Waals surface area (Å²) in [6.45, 7) is 2.52. The zero-order valence-electron chi connectivity index (χ0n) is 17.2. The molecule has 0 aliphatic carbocycles. The van der Waals surface area contributed by atoms with Gasteiger partial charge in [-0.05, 0) is 49.1 Å². The van der Waals surface area contributed by atoms with Crippen molar-refractivity contribution in [1.29, 1.82) is 0 Å². The maximum absolute atomic E-state index is 12.7. The maximum Gasteiger partial charge on any atom is 0.251 e. The van der Waals surface area contributed by atoms with Crippen LogP contribution in [0.3, 0.4) is 0 Å². The predicted molar refractivity (Wildman–Crippen MR) is 118 cm³/mol. The maximum atomic E-state index is 12.7. The van der Waals surface area contributed by atoms with Crippen molar-refractivity contribution >= 4 is 11.7 Å². The van der Waals surface area contributed by atoms with Gasteiger partial charge in [0.05, 0.1) is 12.8 Å². The third-order valence-corrected chi connectivity index (χ3v) is 5.37. The molecule has 0 saturated carbocycles. The van der Waals surface area contributed by atoms with Crippen LogP contribution < -0.4 is 15.0 Å². The van der Waals surface area contributed by atoms with Crippen LogP contribution in [0.4, 0.5) is 5.82 Å². The highest BCUT2D eigenvalue weighted by Crippen LogP contribution is 2.24. The van der Waals surface area contributed by atoms with Gasteiger partial charge in [-0.15, -0.1) is 0 Å². The standard InChI is InChI=1S/C24H26N4O2/c1-30-21-10-8-18(9-11-21)16-25-24(29)20-7-5-6-19(14-20)22-15-23(27-17-26-22)28-12-3-2-4-13-28/h5-11,14-15,17H,2-4,12-13,16H2,1H3,(H,25,29). The molecule has 6 nitrogen and oxygen atoms in total. The van der Waals surface area contributed by atoms with Gasteiger partial charge in [-0.2, -0.15) is 0 Å². The molecule has 4 rings (SSSR count). The topological polar surface area (TPSA) is 67.3 Å². The Morgan fingerprint density at radius 1 is 1.03 bits per heavy atom. The van der Waals surface area contributed by atoms with Crippen molar-refractivity contribution in [1.82, 2.24) is 15.3 Å². The molecule has 1 amide bonds. The fourth-order valence-electron chi connectivity index (χ4n) is 3.65. The number of ether oxygens (including phenoxy) is 1. The highest BCUT2D eigenvalue weighted by atomic mass is 16.5. The van der Waals surface area contributed by atoms with Crippen LogP contribution >= 0.6 is 0 Å². The van der Waals surface area contributed by atoms with Crippen molar-refractivity contribution in [2.45, 2.75) is 25.8 Å². The summed E-state index contributed by atoms with van der Waals surface area (Å²) in [6, 6.07) is 17.2. The Bertz CT molecular complexity index is 998. The van der Waals surface area contributed by atoms with Crippen LogP contribution in [0.25, 0.3) is 11.3 Å². The Labute approximate surface area is 176 Å². The third kappa shape index (κ3) is 4.76. The van der Waals surface area contributed by atoms with Crippen LogP contribution in [0.5, 0.6) is 5.75 Å². The average Bonchev–Trinajstić information content (AvgIpc) is 2.83. The summed E-state index contributed by atoms with van der Waals surface area (Å²) < 4.78 is 5.17. The lowest BCUT2D eigenvalue weighted by Gasteiger charge is -2.27. The van der Waals surface area contributed by atoms with Gasteiger partial charge in [0.2, 0.25) is 0 Å². The minimum Gasteiger partial charge on any atom is -0.497 e. The molecular formula is C24H26N4O2. The number of nitrogens with zero attached hydrogens (tertiary/aromatic N) is 3. The van der Waals surface area contributed by atoms with E-state index in [4.69, 9.17) is 4.74 Å². The van der Waals surface area contributed by atoms with E-state index in [0.29, 0.717) is 12.1 Å². The zero-order valence-corrected chi connectivity index (χ0v) is 17.2. The number of anilines is 1. The fourth-order valence-corrected chi connectivity index (χ4v) is 3.65. The molecule has 6 heteroatoms. The van der Waals surface area contributed by atoms with Crippen molar-refractivity contribution in [3.8, 4) is 17.0 Å². The summed E-state index contributed by atoms with van der Waals surface area (Å²) in [6.07, 6.45) is 5.28. The summed E-state index contributed by atoms with van der Waals surface area (Å²) in [7, 11) is 1.64. The van der Waals surface area contributed by atoms with E-state index in [1.165, 1.54) is 19.3 Å². The number of hydrogen-bond donors (Lipinski definition) is 1. The molecular weight excluding hydrogens is 376 g/mol. The molecule has 1 aliphatic rings. The normalized spacial score (nSPS) is 13.7. The van der Waals surface area contributed by atoms with E-state index >= 15 is 0 Å². The SMILES string of the molecule is COc1ccc(CNC(=O)c2cccc(-c3cc(N4CCCCC4)ncn3)c2)cc1. The van der Waals surface area contributed by atoms with Crippen molar-refractivity contribution < 1.29 is 9.53 Å². The van der Waals surface area contributed by atoms with Crippen molar-refractivity contribution in [2.75, 3.05) is 25.1 Å². The van der Waals surface area contributed by atoms with E-state index in [2.05, 4.69) is 20.2 Å². The van der Waals surface area contributed by atoms with Gasteiger partial charge in [-0.25, -0.2) is 9.97 Å². The number of nitrogens with one attached hydrogen (secondary N) is 1. The molecule has 3 aromatic rings. The van der Waals surface area contributed by atoms with Crippen LogP contribution in [-0.4, -0.2) is 36.1 Å². The molecule has 2 heterocycles. The number of piperidine rings is 1. The van der Waals surface area contributed by atoms with Crippen LogP contribution in [0.15, 0.2) is 60.9 Å². The van der Waals surface area contributed by atoms with Crippen LogP contribution in [-0.2, 0) is 6.54 Å². The summed E-state index contributed by atoms with van der Waals surface area (Å²) in [5, 5.41) is 2.97. The van der Waals surface area contributed by atoms with E-state index in [1.54, 1.807) is 13.4 Å². The first kappa shape index (κ1) is 19.9. The molecule has 1 fully saturated rings. The molecule has 1 aliphatic heterocycles. The lowest BCUT2D eigenvalue weighted by Crippen LogP contribution is -2.30. The second-order valence-electron chi connectivity index (χ2n) is 7.42. The minimum atomic E-state index is -0.113. The Morgan fingerprint density at radius 2 is 1.83 bits per heavy atom. The lowest BCUT2D eigenvalue weighted by molar-refractivity contribution is 0.0951. The highest BCUT2D eigenvalue weighted by Gasteiger charge is 2.14. The van der Waals surface area contributed by atoms with Gasteiger partial charge in [0, 0.05) is 36.8 Å². The lowest BCUT2D eigenvalue weighted by atomic mass is 10.1. The number of amides is 1. The van der Waals surface area contributed by atoms with Gasteiger partial charge in [0.1, 0.15) is 17.9 Å². The van der Waals surface area contributed by atoms with Gasteiger partial charge >= 0.3 is 0 Å². The predicted octanol–water partition coefficient (Wildman–Crippen LogP) is 4.07. The van der Waals surface area contributed by atoms with E-state index in [-0.39, 0.29) is 5.91 Å². The summed E-state index contributed by atoms with van der Waals surface area (Å²) >= 11 is 0. The number of rotatable bonds is 6. The number of methoxy groups -OCH3 is 1. The summed E-state index contributed by atoms with van der Waals surface area (Å²) in [4.78, 5) is 23.8. The molecule has 2 aromatic carbocycles. The number of benzene rings is 2. The molecule has 0 atom stereocenters. The van der Waals surface area contributed by atoms with E-state index < -0.39 is 0 Å². The van der Waals surface area contributed by atoms with E-state index in [1.807, 2.05) is 54.6 Å². The third-order valence-electron chi connectivity index (χ3n) is 5.37. The molecule has 1 N–H and O–H groups in total. The largest absolute Gasteiger partial charge is 0.497 e. The first-order chi connectivity index (χ1) is 14.7. The molecule has 154 valence electrons. The molecule has 30 heavy (non-hydrogen) atoms. The van der Waals surface area contributed by atoms with Gasteiger partial charge in [0.15, 0.2) is 0 Å². The Kier molecular flexibility index (Phi) is 6.23. The Morgan fingerprint density at radius 3 is 2.60 bits per heavy atom. The number of carbonyl (C=O) groups is 1. The number of aromatic nitrogens is 2. The van der Waals surface area contributed by atoms with Gasteiger partial charge in [0.25, 0.3) is 5.91 Å². The first-order valence-electron chi connectivity index (χ1n) is 10.3. The molecule has 0 radical (unpaired) electrons. The molecule has 0 spiro atoms. The van der Waals surface area contributed by atoms with Gasteiger partial charge in [-0.3, -0.25) is 4.79 Å². The van der Waals surface area contributed by atoms with Crippen molar-refractivity contribution in [3.63, 3.8) is 0 Å². The first-order valence-corrected chi connectivity index (χ1v) is 10.3. The van der Waals surface area contributed by atoms with E-state index in [0.717, 1.165) is 41.5 Å². The summed E-state index contributed by atoms with van der Waals surface area (Å²) in [5.74, 6) is 1.64. The summed E-state index contributed by atoms with van der Waals surface area (Å²) in [5.41, 5.74) is 3.37. The number of carbonyl (C=O) groups excluding carboxylic acids is 1. The molecule has 1 saturated heterocycles. The minimum absolute atomic E-state index is 0.113. The van der Waals surface area contributed by atoms with Gasteiger partial charge in [-0.1, -0.05) is 24.3 Å². The highest BCUT2D eigenvalue weighted by molar-refractivity contribution is 5.95. The fraction of sp³-hybridized carbons (Fsp3) is 0.292. The van der Waals surface area contributed by atoms with Crippen LogP contribution in [0, 0.1) is 0 Å². The molecule has 0 unspecified atom stereocenters. The second kappa shape index (κ2) is 9.39. The zero-order chi connectivity index (χ0) is 20.8. The van der Waals surface area contributed by atoms with Crippen molar-refractivity contribution in [3.05, 3.63) is 72.1 Å². The van der Waals surface area contributed by atoms with Crippen LogP contribution in [0.1, 0.15) is 35.2 Å². The molecule has 0 bridgehead atoms. The van der Waals surface area contributed by atoms with E-state index in [9.17, 15) is 4.79 Å².